The van der Waals surface area contributed by atoms with E-state index in [1.165, 1.54) is 5.56 Å². The lowest BCUT2D eigenvalue weighted by Gasteiger charge is -2.18. The van der Waals surface area contributed by atoms with E-state index in [9.17, 15) is 4.79 Å². The van der Waals surface area contributed by atoms with Gasteiger partial charge in [-0.15, -0.1) is 0 Å². The van der Waals surface area contributed by atoms with Gasteiger partial charge in [-0.1, -0.05) is 72.4 Å². The highest BCUT2D eigenvalue weighted by Gasteiger charge is 2.17. The molecule has 0 radical (unpaired) electrons. The predicted octanol–water partition coefficient (Wildman–Crippen LogP) is 5.55. The Bertz CT molecular complexity index is 1150. The minimum Gasteiger partial charge on any atom is -0.268 e. The van der Waals surface area contributed by atoms with Crippen molar-refractivity contribution >= 4 is 22.7 Å². The van der Waals surface area contributed by atoms with Crippen LogP contribution >= 0.6 is 11.8 Å². The Morgan fingerprint density at radius 1 is 0.889 bits per heavy atom. The minimum atomic E-state index is -0.0299. The molecule has 0 bridgehead atoms. The highest BCUT2D eigenvalue weighted by Crippen LogP contribution is 2.35. The number of para-hydroxylation sites is 2. The van der Waals surface area contributed by atoms with E-state index >= 15 is 0 Å². The average Bonchev–Trinajstić information content (AvgIpc) is 2.70. The summed E-state index contributed by atoms with van der Waals surface area (Å²) in [5.74, 6) is 0. The molecule has 0 unspecified atom stereocenters. The maximum Gasteiger partial charge on any atom is 0.266 e. The van der Waals surface area contributed by atoms with Crippen molar-refractivity contribution in [2.45, 2.75) is 24.3 Å². The number of aromatic nitrogens is 2. The molecular formula is C23H20N2OS. The first kappa shape index (κ1) is 17.6. The van der Waals surface area contributed by atoms with Gasteiger partial charge in [-0.05, 0) is 43.2 Å². The van der Waals surface area contributed by atoms with Gasteiger partial charge in [-0.25, -0.2) is 4.98 Å². The number of rotatable bonds is 4. The number of aryl methyl sites for hydroxylation is 1. The number of nitrogens with zero attached hydrogens (tertiary/aromatic N) is 2. The number of hydrogen-bond donors (Lipinski definition) is 0. The zero-order valence-corrected chi connectivity index (χ0v) is 16.1. The van der Waals surface area contributed by atoms with Gasteiger partial charge in [0, 0.05) is 5.25 Å². The van der Waals surface area contributed by atoms with E-state index in [-0.39, 0.29) is 10.8 Å². The molecule has 0 aliphatic heterocycles. The van der Waals surface area contributed by atoms with E-state index in [1.807, 2.05) is 73.7 Å². The van der Waals surface area contributed by atoms with Gasteiger partial charge in [-0.3, -0.25) is 9.36 Å². The fourth-order valence-corrected chi connectivity index (χ4v) is 4.22. The lowest BCUT2D eigenvalue weighted by Crippen LogP contribution is -2.22. The molecule has 4 rings (SSSR count). The molecule has 0 saturated heterocycles. The van der Waals surface area contributed by atoms with Crippen LogP contribution in [0.2, 0.25) is 0 Å². The lowest BCUT2D eigenvalue weighted by molar-refractivity contribution is 0.810. The number of thioether (sulfide) groups is 1. The van der Waals surface area contributed by atoms with Crippen molar-refractivity contribution in [3.63, 3.8) is 0 Å². The van der Waals surface area contributed by atoms with E-state index in [0.717, 1.165) is 16.8 Å². The van der Waals surface area contributed by atoms with Crippen LogP contribution in [0.3, 0.4) is 0 Å². The summed E-state index contributed by atoms with van der Waals surface area (Å²) in [7, 11) is 0. The Balaban J connectivity index is 1.92. The first-order chi connectivity index (χ1) is 13.1. The summed E-state index contributed by atoms with van der Waals surface area (Å²) in [5, 5.41) is 1.52. The van der Waals surface area contributed by atoms with Gasteiger partial charge in [0.15, 0.2) is 5.16 Å². The highest BCUT2D eigenvalue weighted by atomic mass is 32.2. The molecule has 3 aromatic carbocycles. The summed E-state index contributed by atoms with van der Waals surface area (Å²) in [5.41, 5.74) is 3.84. The molecule has 0 N–H and O–H groups in total. The topological polar surface area (TPSA) is 34.9 Å². The van der Waals surface area contributed by atoms with Crippen molar-refractivity contribution in [1.82, 2.24) is 9.55 Å². The molecule has 4 aromatic rings. The average molecular weight is 372 g/mol. The molecule has 0 amide bonds. The van der Waals surface area contributed by atoms with E-state index < -0.39 is 0 Å². The second kappa shape index (κ2) is 7.41. The summed E-state index contributed by atoms with van der Waals surface area (Å²) < 4.78 is 1.75. The lowest BCUT2D eigenvalue weighted by atomic mass is 10.2. The van der Waals surface area contributed by atoms with Gasteiger partial charge >= 0.3 is 0 Å². The second-order valence-electron chi connectivity index (χ2n) is 6.51. The second-order valence-corrected chi connectivity index (χ2v) is 7.82. The maximum absolute atomic E-state index is 13.3. The Morgan fingerprint density at radius 2 is 1.56 bits per heavy atom. The van der Waals surface area contributed by atoms with Crippen molar-refractivity contribution < 1.29 is 0 Å². The molecule has 0 spiro atoms. The Labute approximate surface area is 162 Å². The minimum absolute atomic E-state index is 0.0299. The van der Waals surface area contributed by atoms with Crippen LogP contribution in [0.5, 0.6) is 0 Å². The van der Waals surface area contributed by atoms with Gasteiger partial charge in [-0.2, -0.15) is 0 Å². The van der Waals surface area contributed by atoms with Crippen LogP contribution in [0, 0.1) is 6.92 Å². The van der Waals surface area contributed by atoms with Crippen LogP contribution < -0.4 is 5.56 Å². The van der Waals surface area contributed by atoms with Crippen LogP contribution in [0.25, 0.3) is 16.6 Å². The van der Waals surface area contributed by atoms with E-state index in [1.54, 1.807) is 16.3 Å². The fraction of sp³-hybridized carbons (Fsp3) is 0.130. The molecule has 1 aromatic heterocycles. The number of benzene rings is 3. The Kier molecular flexibility index (Phi) is 4.82. The number of hydrogen-bond acceptors (Lipinski definition) is 3. The molecular weight excluding hydrogens is 352 g/mol. The van der Waals surface area contributed by atoms with Crippen molar-refractivity contribution in [2.75, 3.05) is 0 Å². The third-order valence-corrected chi connectivity index (χ3v) is 5.76. The molecule has 0 aliphatic carbocycles. The zero-order chi connectivity index (χ0) is 18.8. The monoisotopic (exact) mass is 372 g/mol. The summed E-state index contributed by atoms with van der Waals surface area (Å²) in [6.07, 6.45) is 0. The van der Waals surface area contributed by atoms with Gasteiger partial charge < -0.3 is 0 Å². The van der Waals surface area contributed by atoms with E-state index in [2.05, 4.69) is 19.1 Å². The van der Waals surface area contributed by atoms with Gasteiger partial charge in [0.25, 0.3) is 5.56 Å². The SMILES string of the molecule is Cc1ccccc1-n1c(S[C@H](C)c2ccccc2)nc2ccccc2c1=O. The first-order valence-electron chi connectivity index (χ1n) is 8.94. The largest absolute Gasteiger partial charge is 0.268 e. The zero-order valence-electron chi connectivity index (χ0n) is 15.3. The van der Waals surface area contributed by atoms with Crippen LogP contribution in [0.4, 0.5) is 0 Å². The molecule has 4 heteroatoms. The quantitative estimate of drug-likeness (QED) is 0.348. The summed E-state index contributed by atoms with van der Waals surface area (Å²) >= 11 is 1.61. The summed E-state index contributed by atoms with van der Waals surface area (Å²) in [6, 6.07) is 25.8. The molecule has 134 valence electrons. The van der Waals surface area contributed by atoms with Gasteiger partial charge in [0.2, 0.25) is 0 Å². The van der Waals surface area contributed by atoms with Gasteiger partial charge in [0.05, 0.1) is 16.6 Å². The normalized spacial score (nSPS) is 12.2. The summed E-state index contributed by atoms with van der Waals surface area (Å²) in [4.78, 5) is 18.2. The van der Waals surface area contributed by atoms with Crippen LogP contribution in [0.1, 0.15) is 23.3 Å². The predicted molar refractivity (Wildman–Crippen MR) is 113 cm³/mol. The molecule has 1 heterocycles. The molecule has 27 heavy (non-hydrogen) atoms. The Hall–Kier alpha value is -2.85. The standard InChI is InChI=1S/C23H20N2OS/c1-16-10-6-9-15-21(16)25-22(26)19-13-7-8-14-20(19)24-23(25)27-17(2)18-11-4-3-5-12-18/h3-15,17H,1-2H3/t17-/m1/s1. The van der Waals surface area contributed by atoms with Crippen LogP contribution in [-0.4, -0.2) is 9.55 Å². The van der Waals surface area contributed by atoms with Crippen molar-refractivity contribution in [1.29, 1.82) is 0 Å². The Morgan fingerprint density at radius 3 is 2.33 bits per heavy atom. The molecule has 3 nitrogen and oxygen atoms in total. The van der Waals surface area contributed by atoms with Crippen LogP contribution in [0.15, 0.2) is 88.8 Å². The molecule has 1 atom stereocenters. The third-order valence-electron chi connectivity index (χ3n) is 4.65. The van der Waals surface area contributed by atoms with Crippen molar-refractivity contribution in [3.05, 3.63) is 100 Å². The molecule has 0 saturated carbocycles. The smallest absolute Gasteiger partial charge is 0.266 e. The van der Waals surface area contributed by atoms with E-state index in [4.69, 9.17) is 4.98 Å². The summed E-state index contributed by atoms with van der Waals surface area (Å²) in [6.45, 7) is 4.16. The number of fused-ring (bicyclic) bond motifs is 1. The third kappa shape index (κ3) is 3.40. The molecule has 0 fully saturated rings. The van der Waals surface area contributed by atoms with Gasteiger partial charge in [0.1, 0.15) is 0 Å². The highest BCUT2D eigenvalue weighted by molar-refractivity contribution is 7.99. The maximum atomic E-state index is 13.3. The molecule has 0 aliphatic rings. The van der Waals surface area contributed by atoms with Crippen LogP contribution in [-0.2, 0) is 0 Å². The first-order valence-corrected chi connectivity index (χ1v) is 9.82. The van der Waals surface area contributed by atoms with Crippen molar-refractivity contribution in [2.24, 2.45) is 0 Å². The fourth-order valence-electron chi connectivity index (χ4n) is 3.17. The van der Waals surface area contributed by atoms with E-state index in [0.29, 0.717) is 10.5 Å². The van der Waals surface area contributed by atoms with Crippen molar-refractivity contribution in [3.8, 4) is 5.69 Å².